The summed E-state index contributed by atoms with van der Waals surface area (Å²) in [4.78, 5) is 3.86. The maximum Gasteiger partial charge on any atom is 0.309 e. The molecule has 0 radical (unpaired) electrons. The van der Waals surface area contributed by atoms with Crippen LogP contribution in [0, 0.1) is 6.92 Å². The van der Waals surface area contributed by atoms with Gasteiger partial charge in [0.2, 0.25) is 0 Å². The molecule has 90 valence electrons. The van der Waals surface area contributed by atoms with Crippen LogP contribution in [0.25, 0.3) is 0 Å². The lowest BCUT2D eigenvalue weighted by Gasteiger charge is -2.04. The maximum atomic E-state index is 11.9. The van der Waals surface area contributed by atoms with Gasteiger partial charge in [-0.25, -0.2) is 18.1 Å². The van der Waals surface area contributed by atoms with Gasteiger partial charge < -0.3 is 10.2 Å². The van der Waals surface area contributed by atoms with E-state index in [0.29, 0.717) is 11.4 Å². The summed E-state index contributed by atoms with van der Waals surface area (Å²) in [7, 11) is -3.68. The van der Waals surface area contributed by atoms with Gasteiger partial charge in [0.05, 0.1) is 11.1 Å². The molecule has 0 spiro atoms. The Hall–Kier alpha value is -2.02. The molecule has 2 aromatic rings. The van der Waals surface area contributed by atoms with E-state index in [9.17, 15) is 8.42 Å². The van der Waals surface area contributed by atoms with Crippen molar-refractivity contribution in [1.29, 1.82) is 0 Å². The number of anilines is 2. The fourth-order valence-corrected chi connectivity index (χ4v) is 2.16. The van der Waals surface area contributed by atoms with E-state index >= 15 is 0 Å². The van der Waals surface area contributed by atoms with E-state index in [4.69, 9.17) is 10.2 Å². The van der Waals surface area contributed by atoms with Gasteiger partial charge in [0.25, 0.3) is 10.0 Å². The molecule has 0 aliphatic heterocycles. The van der Waals surface area contributed by atoms with Crippen LogP contribution in [0.4, 0.5) is 11.7 Å². The Labute approximate surface area is 98.5 Å². The standard InChI is InChI=1S/C10H11N3O3S/c1-7-6-12-10(16-7)13-17(14,15)9-4-2-8(11)3-5-9/h2-6H,11H2,1H3,(H,12,13). The highest BCUT2D eigenvalue weighted by molar-refractivity contribution is 7.92. The largest absolute Gasteiger partial charge is 0.428 e. The Morgan fingerprint density at radius 1 is 1.29 bits per heavy atom. The summed E-state index contributed by atoms with van der Waals surface area (Å²) in [5.74, 6) is 0.528. The first-order valence-corrected chi connectivity index (χ1v) is 6.26. The first-order valence-electron chi connectivity index (χ1n) is 4.78. The number of nitrogens with one attached hydrogen (secondary N) is 1. The Morgan fingerprint density at radius 3 is 2.47 bits per heavy atom. The van der Waals surface area contributed by atoms with Crippen LogP contribution in [0.15, 0.2) is 39.8 Å². The second kappa shape index (κ2) is 4.10. The lowest BCUT2D eigenvalue weighted by Crippen LogP contribution is -2.13. The van der Waals surface area contributed by atoms with Gasteiger partial charge in [0.1, 0.15) is 5.76 Å². The van der Waals surface area contributed by atoms with E-state index in [1.54, 1.807) is 6.92 Å². The van der Waals surface area contributed by atoms with E-state index in [1.807, 2.05) is 0 Å². The molecule has 0 amide bonds. The molecule has 0 saturated carbocycles. The normalized spacial score (nSPS) is 11.4. The molecule has 3 N–H and O–H groups in total. The van der Waals surface area contributed by atoms with Crippen molar-refractivity contribution in [3.8, 4) is 0 Å². The minimum Gasteiger partial charge on any atom is -0.428 e. The van der Waals surface area contributed by atoms with Crippen LogP contribution < -0.4 is 10.5 Å². The number of hydrogen-bond acceptors (Lipinski definition) is 5. The predicted octanol–water partition coefficient (Wildman–Crippen LogP) is 1.37. The van der Waals surface area contributed by atoms with E-state index in [0.717, 1.165) is 0 Å². The molecule has 1 heterocycles. The Morgan fingerprint density at radius 2 is 1.94 bits per heavy atom. The second-order valence-electron chi connectivity index (χ2n) is 3.45. The number of nitrogens with two attached hydrogens (primary N) is 1. The van der Waals surface area contributed by atoms with E-state index < -0.39 is 10.0 Å². The monoisotopic (exact) mass is 253 g/mol. The molecule has 0 fully saturated rings. The zero-order valence-corrected chi connectivity index (χ0v) is 9.86. The number of nitrogens with zero attached hydrogens (tertiary/aromatic N) is 1. The van der Waals surface area contributed by atoms with Crippen molar-refractivity contribution in [1.82, 2.24) is 4.98 Å². The van der Waals surface area contributed by atoms with Gasteiger partial charge in [-0.2, -0.15) is 0 Å². The third-order valence-electron chi connectivity index (χ3n) is 2.03. The van der Waals surface area contributed by atoms with Crippen molar-refractivity contribution in [2.24, 2.45) is 0 Å². The lowest BCUT2D eigenvalue weighted by atomic mass is 10.3. The van der Waals surface area contributed by atoms with Gasteiger partial charge in [-0.15, -0.1) is 0 Å². The van der Waals surface area contributed by atoms with Gasteiger partial charge in [-0.3, -0.25) is 0 Å². The molecule has 1 aromatic heterocycles. The summed E-state index contributed by atoms with van der Waals surface area (Å²) in [6.45, 7) is 1.67. The van der Waals surface area contributed by atoms with Crippen molar-refractivity contribution in [2.45, 2.75) is 11.8 Å². The molecule has 17 heavy (non-hydrogen) atoms. The number of aryl methyl sites for hydroxylation is 1. The van der Waals surface area contributed by atoms with Crippen molar-refractivity contribution in [2.75, 3.05) is 10.5 Å². The molecule has 6 nitrogen and oxygen atoms in total. The van der Waals surface area contributed by atoms with Crippen molar-refractivity contribution in [3.63, 3.8) is 0 Å². The minimum atomic E-state index is -3.68. The van der Waals surface area contributed by atoms with Gasteiger partial charge >= 0.3 is 6.01 Å². The minimum absolute atomic E-state index is 0.0562. The van der Waals surface area contributed by atoms with Crippen molar-refractivity contribution < 1.29 is 12.8 Å². The Balaban J connectivity index is 2.28. The van der Waals surface area contributed by atoms with E-state index in [1.165, 1.54) is 30.5 Å². The number of aromatic nitrogens is 1. The molecular weight excluding hydrogens is 242 g/mol. The number of benzene rings is 1. The predicted molar refractivity (Wildman–Crippen MR) is 62.9 cm³/mol. The van der Waals surface area contributed by atoms with Crippen LogP contribution in [-0.2, 0) is 10.0 Å². The van der Waals surface area contributed by atoms with Crippen LogP contribution in [0.1, 0.15) is 5.76 Å². The fraction of sp³-hybridized carbons (Fsp3) is 0.100. The molecular formula is C10H11N3O3S. The number of sulfonamides is 1. The first-order chi connectivity index (χ1) is 7.97. The highest BCUT2D eigenvalue weighted by atomic mass is 32.2. The number of oxazole rings is 1. The zero-order valence-electron chi connectivity index (χ0n) is 9.04. The maximum absolute atomic E-state index is 11.9. The average Bonchev–Trinajstić information content (AvgIpc) is 2.63. The summed E-state index contributed by atoms with van der Waals surface area (Å²) in [6.07, 6.45) is 1.43. The van der Waals surface area contributed by atoms with Gasteiger partial charge in [0, 0.05) is 5.69 Å². The van der Waals surface area contributed by atoms with Crippen molar-refractivity contribution in [3.05, 3.63) is 36.2 Å². The SMILES string of the molecule is Cc1cnc(NS(=O)(=O)c2ccc(N)cc2)o1. The third kappa shape index (κ3) is 2.56. The Bertz CT molecular complexity index is 617. The smallest absolute Gasteiger partial charge is 0.309 e. The van der Waals surface area contributed by atoms with E-state index in [-0.39, 0.29) is 10.9 Å². The molecule has 2 rings (SSSR count). The fourth-order valence-electron chi connectivity index (χ4n) is 1.22. The molecule has 0 atom stereocenters. The van der Waals surface area contributed by atoms with Crippen LogP contribution in [-0.4, -0.2) is 13.4 Å². The lowest BCUT2D eigenvalue weighted by molar-refractivity contribution is 0.543. The highest BCUT2D eigenvalue weighted by Crippen LogP contribution is 2.16. The molecule has 0 aliphatic rings. The summed E-state index contributed by atoms with van der Waals surface area (Å²) in [5.41, 5.74) is 5.98. The van der Waals surface area contributed by atoms with Gasteiger partial charge in [-0.05, 0) is 31.2 Å². The molecule has 0 aliphatic carbocycles. The summed E-state index contributed by atoms with van der Waals surface area (Å²) in [6, 6.07) is 5.78. The summed E-state index contributed by atoms with van der Waals surface area (Å²) >= 11 is 0. The third-order valence-corrected chi connectivity index (χ3v) is 3.37. The van der Waals surface area contributed by atoms with Crippen LogP contribution in [0.5, 0.6) is 0 Å². The second-order valence-corrected chi connectivity index (χ2v) is 5.13. The summed E-state index contributed by atoms with van der Waals surface area (Å²) in [5, 5.41) is 0. The number of rotatable bonds is 3. The number of nitrogen functional groups attached to an aromatic ring is 1. The molecule has 0 bridgehead atoms. The van der Waals surface area contributed by atoms with Crippen LogP contribution in [0.3, 0.4) is 0 Å². The van der Waals surface area contributed by atoms with Crippen LogP contribution in [0.2, 0.25) is 0 Å². The zero-order chi connectivity index (χ0) is 12.5. The molecule has 0 saturated heterocycles. The van der Waals surface area contributed by atoms with Crippen LogP contribution >= 0.6 is 0 Å². The Kier molecular flexibility index (Phi) is 2.76. The topological polar surface area (TPSA) is 98.2 Å². The quantitative estimate of drug-likeness (QED) is 0.805. The van der Waals surface area contributed by atoms with E-state index in [2.05, 4.69) is 9.71 Å². The van der Waals surface area contributed by atoms with Crippen molar-refractivity contribution >= 4 is 21.7 Å². The molecule has 1 aromatic carbocycles. The average molecular weight is 253 g/mol. The van der Waals surface area contributed by atoms with Gasteiger partial charge in [-0.1, -0.05) is 0 Å². The molecule has 7 heteroatoms. The molecule has 0 unspecified atom stereocenters. The number of hydrogen-bond donors (Lipinski definition) is 2. The summed E-state index contributed by atoms with van der Waals surface area (Å²) < 4.78 is 31.0. The highest BCUT2D eigenvalue weighted by Gasteiger charge is 2.16. The first kappa shape index (κ1) is 11.5. The van der Waals surface area contributed by atoms with Gasteiger partial charge in [0.15, 0.2) is 0 Å².